The molecule has 0 aliphatic carbocycles. The predicted molar refractivity (Wildman–Crippen MR) is 86.7 cm³/mol. The molecule has 5 heteroatoms. The molecule has 2 N–H and O–H groups in total. The Kier molecular flexibility index (Phi) is 5.56. The summed E-state index contributed by atoms with van der Waals surface area (Å²) >= 11 is 1.55. The molecule has 4 nitrogen and oxygen atoms in total. The van der Waals surface area contributed by atoms with Crippen LogP contribution in [0.1, 0.15) is 23.3 Å². The van der Waals surface area contributed by atoms with E-state index in [9.17, 15) is 15.2 Å². The molecule has 0 bridgehead atoms. The van der Waals surface area contributed by atoms with Gasteiger partial charge in [0.1, 0.15) is 11.7 Å². The number of aromatic hydroxyl groups is 1. The highest BCUT2D eigenvalue weighted by atomic mass is 32.1. The van der Waals surface area contributed by atoms with Crippen molar-refractivity contribution in [3.63, 3.8) is 0 Å². The minimum atomic E-state index is -0.661. The van der Waals surface area contributed by atoms with Crippen molar-refractivity contribution in [1.82, 2.24) is 5.32 Å². The molecule has 1 aromatic carbocycles. The summed E-state index contributed by atoms with van der Waals surface area (Å²) < 4.78 is 0. The Morgan fingerprint density at radius 3 is 2.68 bits per heavy atom. The summed E-state index contributed by atoms with van der Waals surface area (Å²) in [5.41, 5.74) is 1.03. The molecule has 0 aliphatic heterocycles. The van der Waals surface area contributed by atoms with E-state index in [-0.39, 0.29) is 17.6 Å². The average molecular weight is 314 g/mol. The van der Waals surface area contributed by atoms with Crippen molar-refractivity contribution in [2.75, 3.05) is 6.54 Å². The van der Waals surface area contributed by atoms with Gasteiger partial charge in [-0.05, 0) is 35.1 Å². The maximum atomic E-state index is 12.1. The van der Waals surface area contributed by atoms with Gasteiger partial charge in [-0.15, -0.1) is 11.3 Å². The average Bonchev–Trinajstić information content (AvgIpc) is 3.03. The smallest absolute Gasteiger partial charge is 0.237 e. The van der Waals surface area contributed by atoms with Crippen LogP contribution in [0, 0.1) is 17.2 Å². The van der Waals surface area contributed by atoms with Gasteiger partial charge in [-0.1, -0.05) is 25.1 Å². The lowest BCUT2D eigenvalue weighted by Gasteiger charge is -2.15. The number of benzene rings is 1. The van der Waals surface area contributed by atoms with Crippen LogP contribution in [-0.4, -0.2) is 17.6 Å². The fourth-order valence-electron chi connectivity index (χ4n) is 2.12. The van der Waals surface area contributed by atoms with Gasteiger partial charge in [0.15, 0.2) is 0 Å². The van der Waals surface area contributed by atoms with E-state index in [4.69, 9.17) is 0 Å². The summed E-state index contributed by atoms with van der Waals surface area (Å²) in [5, 5.41) is 23.2. The number of nitriles is 1. The normalized spacial score (nSPS) is 13.1. The van der Waals surface area contributed by atoms with Crippen LogP contribution in [0.2, 0.25) is 0 Å². The Balaban J connectivity index is 1.88. The topological polar surface area (TPSA) is 73.1 Å². The molecule has 1 amide bonds. The van der Waals surface area contributed by atoms with E-state index in [1.165, 1.54) is 0 Å². The van der Waals surface area contributed by atoms with Crippen LogP contribution in [0.3, 0.4) is 0 Å². The molecule has 2 unspecified atom stereocenters. The molecule has 2 aromatic rings. The van der Waals surface area contributed by atoms with Gasteiger partial charge in [0.05, 0.1) is 6.07 Å². The van der Waals surface area contributed by atoms with Crippen molar-refractivity contribution < 1.29 is 9.90 Å². The number of phenols is 1. The molecule has 0 saturated heterocycles. The zero-order valence-corrected chi connectivity index (χ0v) is 13.1. The lowest BCUT2D eigenvalue weighted by atomic mass is 10.00. The molecule has 0 radical (unpaired) electrons. The Hall–Kier alpha value is -2.32. The first-order valence-corrected chi connectivity index (χ1v) is 7.96. The summed E-state index contributed by atoms with van der Waals surface area (Å²) in [6.07, 6.45) is 0.452. The number of carbonyl (C=O) groups is 1. The number of amides is 1. The van der Waals surface area contributed by atoms with E-state index >= 15 is 0 Å². The second kappa shape index (κ2) is 7.62. The highest BCUT2D eigenvalue weighted by Gasteiger charge is 2.19. The Morgan fingerprint density at radius 2 is 2.09 bits per heavy atom. The summed E-state index contributed by atoms with van der Waals surface area (Å²) in [6.45, 7) is 2.46. The van der Waals surface area contributed by atoms with Crippen molar-refractivity contribution in [2.45, 2.75) is 19.3 Å². The Bertz CT molecular complexity index is 644. The summed E-state index contributed by atoms with van der Waals surface area (Å²) in [7, 11) is 0. The molecular formula is C17H18N2O2S. The Labute approximate surface area is 134 Å². The van der Waals surface area contributed by atoms with Crippen LogP contribution in [-0.2, 0) is 11.2 Å². The summed E-state index contributed by atoms with van der Waals surface area (Å²) in [5.74, 6) is -0.557. The van der Waals surface area contributed by atoms with Crippen LogP contribution < -0.4 is 5.32 Å². The minimum absolute atomic E-state index is 0.116. The van der Waals surface area contributed by atoms with Crippen molar-refractivity contribution >= 4 is 17.2 Å². The van der Waals surface area contributed by atoms with Crippen LogP contribution in [0.15, 0.2) is 41.8 Å². The van der Waals surface area contributed by atoms with E-state index in [1.54, 1.807) is 23.5 Å². The highest BCUT2D eigenvalue weighted by Crippen LogP contribution is 2.18. The summed E-state index contributed by atoms with van der Waals surface area (Å²) in [6, 6.07) is 12.8. The highest BCUT2D eigenvalue weighted by molar-refractivity contribution is 7.09. The van der Waals surface area contributed by atoms with Gasteiger partial charge in [0.25, 0.3) is 0 Å². The van der Waals surface area contributed by atoms with Gasteiger partial charge in [-0.2, -0.15) is 5.26 Å². The fourth-order valence-corrected chi connectivity index (χ4v) is 2.88. The van der Waals surface area contributed by atoms with E-state index in [0.717, 1.165) is 10.4 Å². The maximum Gasteiger partial charge on any atom is 0.237 e. The fraction of sp³-hybridized carbons (Fsp3) is 0.294. The molecular weight excluding hydrogens is 296 g/mol. The number of nitrogens with zero attached hydrogens (tertiary/aromatic N) is 1. The third-order valence-corrected chi connectivity index (χ3v) is 4.40. The lowest BCUT2D eigenvalue weighted by molar-refractivity contribution is -0.123. The number of rotatable bonds is 6. The van der Waals surface area contributed by atoms with Gasteiger partial charge >= 0.3 is 0 Å². The van der Waals surface area contributed by atoms with E-state index in [0.29, 0.717) is 13.0 Å². The first-order valence-electron chi connectivity index (χ1n) is 7.08. The number of thiophene rings is 1. The standard InChI is InChI=1S/C17H18N2O2S/c1-12(13-4-6-15(20)7-5-13)11-19-17(21)14(10-18)9-16-3-2-8-22-16/h2-8,12,14,20H,9,11H2,1H3,(H,19,21). The molecule has 1 heterocycles. The molecule has 0 aliphatic rings. The number of hydrogen-bond donors (Lipinski definition) is 2. The second-order valence-corrected chi connectivity index (χ2v) is 6.24. The molecule has 0 fully saturated rings. The SMILES string of the molecule is CC(CNC(=O)C(C#N)Cc1cccs1)c1ccc(O)cc1. The molecule has 0 spiro atoms. The summed E-state index contributed by atoms with van der Waals surface area (Å²) in [4.78, 5) is 13.2. The third-order valence-electron chi connectivity index (χ3n) is 3.50. The molecule has 1 aromatic heterocycles. The first kappa shape index (κ1) is 16.1. The van der Waals surface area contributed by atoms with Crippen molar-refractivity contribution in [2.24, 2.45) is 5.92 Å². The Morgan fingerprint density at radius 1 is 1.36 bits per heavy atom. The van der Waals surface area contributed by atoms with Crippen LogP contribution >= 0.6 is 11.3 Å². The lowest BCUT2D eigenvalue weighted by Crippen LogP contribution is -2.33. The van der Waals surface area contributed by atoms with Crippen molar-refractivity contribution in [1.29, 1.82) is 5.26 Å². The monoisotopic (exact) mass is 314 g/mol. The van der Waals surface area contributed by atoms with Crippen LogP contribution in [0.25, 0.3) is 0 Å². The number of phenolic OH excluding ortho intramolecular Hbond substituents is 1. The van der Waals surface area contributed by atoms with Gasteiger partial charge < -0.3 is 10.4 Å². The quantitative estimate of drug-likeness (QED) is 0.860. The first-order chi connectivity index (χ1) is 10.6. The number of hydrogen-bond acceptors (Lipinski definition) is 4. The molecule has 114 valence electrons. The largest absolute Gasteiger partial charge is 0.508 e. The minimum Gasteiger partial charge on any atom is -0.508 e. The van der Waals surface area contributed by atoms with E-state index in [1.807, 2.05) is 36.6 Å². The zero-order chi connectivity index (χ0) is 15.9. The third kappa shape index (κ3) is 4.34. The number of carbonyl (C=O) groups excluding carboxylic acids is 1. The van der Waals surface area contributed by atoms with E-state index < -0.39 is 5.92 Å². The zero-order valence-electron chi connectivity index (χ0n) is 12.3. The molecule has 2 rings (SSSR count). The second-order valence-electron chi connectivity index (χ2n) is 5.20. The molecule has 0 saturated carbocycles. The number of nitrogens with one attached hydrogen (secondary N) is 1. The maximum absolute atomic E-state index is 12.1. The van der Waals surface area contributed by atoms with E-state index in [2.05, 4.69) is 11.4 Å². The van der Waals surface area contributed by atoms with Crippen LogP contribution in [0.4, 0.5) is 0 Å². The molecule has 2 atom stereocenters. The van der Waals surface area contributed by atoms with Gasteiger partial charge in [-0.25, -0.2) is 0 Å². The van der Waals surface area contributed by atoms with Crippen molar-refractivity contribution in [3.8, 4) is 11.8 Å². The molecule has 22 heavy (non-hydrogen) atoms. The van der Waals surface area contributed by atoms with Gasteiger partial charge in [0.2, 0.25) is 5.91 Å². The van der Waals surface area contributed by atoms with Crippen molar-refractivity contribution in [3.05, 3.63) is 52.2 Å². The predicted octanol–water partition coefficient (Wildman–Crippen LogP) is 3.06. The van der Waals surface area contributed by atoms with Gasteiger partial charge in [-0.3, -0.25) is 4.79 Å². The van der Waals surface area contributed by atoms with Crippen LogP contribution in [0.5, 0.6) is 5.75 Å². The van der Waals surface area contributed by atoms with Gasteiger partial charge in [0, 0.05) is 17.8 Å².